The maximum absolute atomic E-state index is 13.4. The quantitative estimate of drug-likeness (QED) is 0.674. The van der Waals surface area contributed by atoms with Crippen molar-refractivity contribution in [1.82, 2.24) is 4.98 Å². The first kappa shape index (κ1) is 15.2. The van der Waals surface area contributed by atoms with Crippen LogP contribution in [-0.2, 0) is 0 Å². The van der Waals surface area contributed by atoms with Crippen molar-refractivity contribution in [2.75, 3.05) is 11.9 Å². The van der Waals surface area contributed by atoms with Crippen LogP contribution in [0.15, 0.2) is 24.3 Å². The van der Waals surface area contributed by atoms with Crippen LogP contribution in [-0.4, -0.2) is 16.6 Å². The Kier molecular flexibility index (Phi) is 4.42. The Morgan fingerprint density at radius 3 is 2.24 bits per heavy atom. The van der Waals surface area contributed by atoms with E-state index >= 15 is 0 Å². The Bertz CT molecular complexity index is 637. The number of aliphatic hydroxyl groups excluding tert-OH is 1. The average Bonchev–Trinajstić information content (AvgIpc) is 2.45. The second-order valence-corrected chi connectivity index (χ2v) is 4.45. The van der Waals surface area contributed by atoms with E-state index in [1.54, 1.807) is 31.2 Å². The molecule has 0 saturated heterocycles. The van der Waals surface area contributed by atoms with E-state index in [1.165, 1.54) is 0 Å². The van der Waals surface area contributed by atoms with Gasteiger partial charge in [0.15, 0.2) is 0 Å². The molecule has 3 nitrogen and oxygen atoms in total. The van der Waals surface area contributed by atoms with Gasteiger partial charge in [-0.3, -0.25) is 0 Å². The van der Waals surface area contributed by atoms with E-state index in [2.05, 4.69) is 10.3 Å². The molecule has 0 aliphatic heterocycles. The normalized spacial score (nSPS) is 12.3. The third-order valence-corrected chi connectivity index (χ3v) is 3.02. The highest BCUT2D eigenvalue weighted by atomic mass is 19.2. The van der Waals surface area contributed by atoms with Crippen LogP contribution in [0.25, 0.3) is 0 Å². The molecule has 1 heterocycles. The minimum Gasteiger partial charge on any atom is -0.387 e. The van der Waals surface area contributed by atoms with Crippen LogP contribution in [0.5, 0.6) is 0 Å². The van der Waals surface area contributed by atoms with Crippen LogP contribution in [0.2, 0.25) is 0 Å². The molecule has 7 heteroatoms. The number of hydrogen-bond donors (Lipinski definition) is 2. The third-order valence-electron chi connectivity index (χ3n) is 3.02. The maximum Gasteiger partial charge on any atom is 0.253 e. The predicted octanol–water partition coefficient (Wildman–Crippen LogP) is 3.09. The molecule has 1 aromatic heterocycles. The summed E-state index contributed by atoms with van der Waals surface area (Å²) in [6, 6.07) is 6.86. The summed E-state index contributed by atoms with van der Waals surface area (Å²) in [5.74, 6) is -6.76. The van der Waals surface area contributed by atoms with Gasteiger partial charge in [-0.05, 0) is 18.1 Å². The largest absolute Gasteiger partial charge is 0.387 e. The molecule has 1 atom stereocenters. The van der Waals surface area contributed by atoms with E-state index < -0.39 is 35.3 Å². The van der Waals surface area contributed by atoms with E-state index in [0.29, 0.717) is 5.56 Å². The van der Waals surface area contributed by atoms with Gasteiger partial charge in [-0.2, -0.15) is 22.5 Å². The lowest BCUT2D eigenvalue weighted by Gasteiger charge is -2.16. The van der Waals surface area contributed by atoms with Crippen molar-refractivity contribution < 1.29 is 22.7 Å². The molecule has 0 radical (unpaired) electrons. The van der Waals surface area contributed by atoms with Crippen LogP contribution in [0.4, 0.5) is 23.2 Å². The first-order valence-corrected chi connectivity index (χ1v) is 6.09. The molecule has 0 aliphatic carbocycles. The average molecular weight is 300 g/mol. The Hall–Kier alpha value is -2.15. The lowest BCUT2D eigenvalue weighted by Crippen LogP contribution is -2.16. The van der Waals surface area contributed by atoms with Crippen molar-refractivity contribution >= 4 is 5.69 Å². The van der Waals surface area contributed by atoms with E-state index in [0.717, 1.165) is 5.56 Å². The van der Waals surface area contributed by atoms with Crippen LogP contribution in [0, 0.1) is 30.5 Å². The molecule has 2 rings (SSSR count). The third kappa shape index (κ3) is 3.13. The summed E-state index contributed by atoms with van der Waals surface area (Å²) >= 11 is 0. The smallest absolute Gasteiger partial charge is 0.253 e. The molecule has 0 spiro atoms. The number of aryl methyl sites for hydroxylation is 1. The van der Waals surface area contributed by atoms with Gasteiger partial charge in [-0.25, -0.2) is 0 Å². The summed E-state index contributed by atoms with van der Waals surface area (Å²) in [5.41, 5.74) is 0.327. The van der Waals surface area contributed by atoms with Gasteiger partial charge in [0.05, 0.1) is 6.10 Å². The molecule has 0 amide bonds. The molecule has 0 aliphatic rings. The number of nitrogens with zero attached hydrogens (tertiary/aromatic N) is 1. The second-order valence-electron chi connectivity index (χ2n) is 4.45. The number of halogens is 4. The fraction of sp³-hybridized carbons (Fsp3) is 0.214. The van der Waals surface area contributed by atoms with E-state index in [9.17, 15) is 22.7 Å². The number of benzene rings is 1. The van der Waals surface area contributed by atoms with Gasteiger partial charge in [-0.1, -0.05) is 24.3 Å². The fourth-order valence-electron chi connectivity index (χ4n) is 1.91. The predicted molar refractivity (Wildman–Crippen MR) is 68.7 cm³/mol. The summed E-state index contributed by atoms with van der Waals surface area (Å²) in [6.07, 6.45) is -1.09. The van der Waals surface area contributed by atoms with Crippen LogP contribution >= 0.6 is 0 Å². The monoisotopic (exact) mass is 300 g/mol. The Labute approximate surface area is 118 Å². The second kappa shape index (κ2) is 6.09. The zero-order chi connectivity index (χ0) is 15.6. The lowest BCUT2D eigenvalue weighted by atomic mass is 10.0. The van der Waals surface area contributed by atoms with Gasteiger partial charge in [0.2, 0.25) is 11.6 Å². The topological polar surface area (TPSA) is 45.1 Å². The molecular formula is C14H12F4N2O. The number of hydrogen-bond acceptors (Lipinski definition) is 3. The summed E-state index contributed by atoms with van der Waals surface area (Å²) in [5, 5.41) is 12.1. The molecule has 21 heavy (non-hydrogen) atoms. The molecule has 1 unspecified atom stereocenters. The van der Waals surface area contributed by atoms with Crippen molar-refractivity contribution in [3.8, 4) is 0 Å². The minimum absolute atomic E-state index is 0.318. The molecule has 0 bridgehead atoms. The number of nitrogens with one attached hydrogen (secondary N) is 1. The zero-order valence-electron chi connectivity index (χ0n) is 11.0. The highest BCUT2D eigenvalue weighted by molar-refractivity contribution is 5.45. The Morgan fingerprint density at radius 1 is 1.10 bits per heavy atom. The number of aromatic nitrogens is 1. The molecule has 112 valence electrons. The van der Waals surface area contributed by atoms with Crippen LogP contribution in [0.1, 0.15) is 17.2 Å². The molecule has 0 fully saturated rings. The fourth-order valence-corrected chi connectivity index (χ4v) is 1.91. The number of pyridine rings is 1. The van der Waals surface area contributed by atoms with Crippen molar-refractivity contribution in [3.63, 3.8) is 0 Å². The Morgan fingerprint density at radius 2 is 1.67 bits per heavy atom. The first-order chi connectivity index (χ1) is 9.91. The van der Waals surface area contributed by atoms with Gasteiger partial charge in [0, 0.05) is 6.54 Å². The number of rotatable bonds is 4. The SMILES string of the molecule is Cc1ccccc1C(O)CNc1c(F)c(F)nc(F)c1F. The summed E-state index contributed by atoms with van der Waals surface area (Å²) in [7, 11) is 0. The highest BCUT2D eigenvalue weighted by Crippen LogP contribution is 2.24. The number of anilines is 1. The minimum atomic E-state index is -1.75. The van der Waals surface area contributed by atoms with Crippen molar-refractivity contribution in [1.29, 1.82) is 0 Å². The molecular weight excluding hydrogens is 288 g/mol. The molecule has 0 saturated carbocycles. The van der Waals surface area contributed by atoms with Crippen LogP contribution < -0.4 is 5.32 Å². The van der Waals surface area contributed by atoms with Crippen LogP contribution in [0.3, 0.4) is 0 Å². The molecule has 2 aromatic rings. The van der Waals surface area contributed by atoms with Gasteiger partial charge in [0.1, 0.15) is 5.69 Å². The molecule has 2 N–H and O–H groups in total. The van der Waals surface area contributed by atoms with Gasteiger partial charge in [0.25, 0.3) is 11.9 Å². The van der Waals surface area contributed by atoms with E-state index in [-0.39, 0.29) is 6.54 Å². The molecule has 1 aromatic carbocycles. The zero-order valence-corrected chi connectivity index (χ0v) is 11.0. The van der Waals surface area contributed by atoms with Crippen molar-refractivity contribution in [3.05, 3.63) is 58.9 Å². The first-order valence-electron chi connectivity index (χ1n) is 6.09. The summed E-state index contributed by atoms with van der Waals surface area (Å²) in [6.45, 7) is 1.44. The van der Waals surface area contributed by atoms with Crippen molar-refractivity contribution in [2.24, 2.45) is 0 Å². The van der Waals surface area contributed by atoms with Crippen molar-refractivity contribution in [2.45, 2.75) is 13.0 Å². The van der Waals surface area contributed by atoms with Gasteiger partial charge >= 0.3 is 0 Å². The van der Waals surface area contributed by atoms with E-state index in [4.69, 9.17) is 0 Å². The van der Waals surface area contributed by atoms with Gasteiger partial charge < -0.3 is 10.4 Å². The lowest BCUT2D eigenvalue weighted by molar-refractivity contribution is 0.190. The van der Waals surface area contributed by atoms with E-state index in [1.807, 2.05) is 0 Å². The number of aliphatic hydroxyl groups is 1. The summed E-state index contributed by atoms with van der Waals surface area (Å²) < 4.78 is 52.6. The maximum atomic E-state index is 13.4. The standard InChI is InChI=1S/C14H12F4N2O/c1-7-4-2-3-5-8(7)9(21)6-19-12-10(15)13(17)20-14(18)11(12)16/h2-5,9,21H,6H2,1H3,(H,19,20). The highest BCUT2D eigenvalue weighted by Gasteiger charge is 2.21. The van der Waals surface area contributed by atoms with Gasteiger partial charge in [-0.15, -0.1) is 0 Å². The summed E-state index contributed by atoms with van der Waals surface area (Å²) in [4.78, 5) is 2.45. The Balaban J connectivity index is 2.19.